The molecular formula is C50H47IrN3O-2. The first kappa shape index (κ1) is 35.5. The number of aryl methyl sites for hydroxylation is 5. The first-order chi connectivity index (χ1) is 27.1. The van der Waals surface area contributed by atoms with Crippen LogP contribution in [0.5, 0.6) is 0 Å². The molecule has 0 atom stereocenters. The Morgan fingerprint density at radius 1 is 0.709 bits per heavy atom. The van der Waals surface area contributed by atoms with Crippen LogP contribution in [0.25, 0.3) is 55.7 Å². The normalized spacial score (nSPS) is 12.3. The molecule has 4 aromatic carbocycles. The topological polar surface area (TPSA) is 51.8 Å². The smallest absolute Gasteiger partial charge is 0.216 e. The molecule has 1 radical (unpaired) electrons. The van der Waals surface area contributed by atoms with E-state index in [0.29, 0.717) is 11.3 Å². The zero-order chi connectivity index (χ0) is 40.5. The number of hydrogen-bond donors (Lipinski definition) is 0. The van der Waals surface area contributed by atoms with Gasteiger partial charge in [-0.1, -0.05) is 117 Å². The maximum Gasteiger partial charge on any atom is 0.216 e. The van der Waals surface area contributed by atoms with Crippen LogP contribution < -0.4 is 0 Å². The number of pyridine rings is 3. The molecule has 0 aliphatic carbocycles. The van der Waals surface area contributed by atoms with Crippen molar-refractivity contribution in [2.45, 2.75) is 68.2 Å². The quantitative estimate of drug-likeness (QED) is 0.156. The second-order valence-corrected chi connectivity index (χ2v) is 15.4. The van der Waals surface area contributed by atoms with E-state index < -0.39 is 6.85 Å². The van der Waals surface area contributed by atoms with Gasteiger partial charge in [0, 0.05) is 47.7 Å². The molecule has 0 aliphatic rings. The first-order valence-electron chi connectivity index (χ1n) is 19.9. The van der Waals surface area contributed by atoms with Crippen molar-refractivity contribution in [3.8, 4) is 33.6 Å². The molecule has 0 bridgehead atoms. The molecule has 55 heavy (non-hydrogen) atoms. The van der Waals surface area contributed by atoms with E-state index in [1.165, 1.54) is 50.6 Å². The van der Waals surface area contributed by atoms with Crippen molar-refractivity contribution >= 4 is 22.1 Å². The molecule has 0 N–H and O–H groups in total. The zero-order valence-corrected chi connectivity index (χ0v) is 34.9. The van der Waals surface area contributed by atoms with Gasteiger partial charge in [0.25, 0.3) is 0 Å². The summed E-state index contributed by atoms with van der Waals surface area (Å²) in [6.45, 7) is 12.9. The third-order valence-electron chi connectivity index (χ3n) is 9.81. The summed E-state index contributed by atoms with van der Waals surface area (Å²) in [6.07, 6.45) is 5.67. The Labute approximate surface area is 343 Å². The number of aromatic nitrogens is 3. The van der Waals surface area contributed by atoms with Crippen molar-refractivity contribution in [2.75, 3.05) is 0 Å². The molecule has 8 rings (SSSR count). The number of hydrogen-bond acceptors (Lipinski definition) is 4. The summed E-state index contributed by atoms with van der Waals surface area (Å²) in [5.74, 6) is 0. The van der Waals surface area contributed by atoms with Gasteiger partial charge in [0.05, 0.1) is 5.58 Å². The van der Waals surface area contributed by atoms with Crippen LogP contribution in [0.2, 0.25) is 0 Å². The minimum Gasteiger partial charge on any atom is -0.486 e. The summed E-state index contributed by atoms with van der Waals surface area (Å²) in [7, 11) is 0. The molecular weight excluding hydrogens is 851 g/mol. The van der Waals surface area contributed by atoms with E-state index in [-0.39, 0.29) is 31.2 Å². The van der Waals surface area contributed by atoms with Crippen LogP contribution in [0.1, 0.15) is 69.5 Å². The van der Waals surface area contributed by atoms with Crippen LogP contribution in [0.15, 0.2) is 120 Å². The van der Waals surface area contributed by atoms with Crippen LogP contribution in [0, 0.1) is 52.1 Å². The van der Waals surface area contributed by atoms with Crippen molar-refractivity contribution in [1.82, 2.24) is 15.0 Å². The van der Waals surface area contributed by atoms with Gasteiger partial charge >= 0.3 is 0 Å². The molecule has 4 aromatic heterocycles. The summed E-state index contributed by atoms with van der Waals surface area (Å²) < 4.78 is 29.1. The predicted octanol–water partition coefficient (Wildman–Crippen LogP) is 12.8. The van der Waals surface area contributed by atoms with E-state index in [0.717, 1.165) is 51.7 Å². The van der Waals surface area contributed by atoms with Gasteiger partial charge < -0.3 is 14.4 Å². The number of fused-ring (bicyclic) bond motifs is 3. The summed E-state index contributed by atoms with van der Waals surface area (Å²) >= 11 is 0. The molecule has 0 amide bonds. The second-order valence-electron chi connectivity index (χ2n) is 15.4. The molecule has 0 aliphatic heterocycles. The van der Waals surface area contributed by atoms with E-state index in [9.17, 15) is 0 Å². The van der Waals surface area contributed by atoms with Crippen LogP contribution in [0.4, 0.5) is 0 Å². The Kier molecular flexibility index (Phi) is 10.7. The number of nitrogens with zero attached hydrogens (tertiary/aromatic N) is 3. The van der Waals surface area contributed by atoms with Crippen molar-refractivity contribution in [1.29, 1.82) is 0 Å². The minimum atomic E-state index is -2.29. The average Bonchev–Trinajstić information content (AvgIpc) is 3.56. The molecule has 279 valence electrons. The molecule has 8 aromatic rings. The Morgan fingerprint density at radius 2 is 1.44 bits per heavy atom. The Bertz CT molecular complexity index is 2700. The van der Waals surface area contributed by atoms with E-state index in [1.54, 1.807) is 6.07 Å². The monoisotopic (exact) mass is 901 g/mol. The molecule has 4 heterocycles. The summed E-state index contributed by atoms with van der Waals surface area (Å²) in [4.78, 5) is 13.5. The van der Waals surface area contributed by atoms with Gasteiger partial charge in [-0.2, -0.15) is 0 Å². The second kappa shape index (κ2) is 16.7. The van der Waals surface area contributed by atoms with Crippen molar-refractivity contribution in [3.05, 3.63) is 172 Å². The Morgan fingerprint density at radius 3 is 2.16 bits per heavy atom. The maximum absolute atomic E-state index is 7.66. The summed E-state index contributed by atoms with van der Waals surface area (Å²) in [6, 6.07) is 41.5. The van der Waals surface area contributed by atoms with Gasteiger partial charge in [-0.05, 0) is 103 Å². The fraction of sp³-hybridized carbons (Fsp3) is 0.220. The molecule has 5 heteroatoms. The molecule has 0 unspecified atom stereocenters. The van der Waals surface area contributed by atoms with Gasteiger partial charge in [-0.3, -0.25) is 0 Å². The standard InChI is InChI=1S/C30H29N2O.C20H18N.Ir/c1-19-18-31-27(16-23(19)15-21-10-12-22(13-11-21)17-30(3,4)5)26-8-6-7-24-25-14-9-20(2)32-29(25)33-28(24)26;1-14-9-10-18(20-11-15(2)16(3)13-21-20)12-19(14)17-7-5-4-6-8-17;/h6-7,9-14,16,18H,15,17H2,1-5H3;4-9,11-13H,1-3H3;/q2*-1;/i2D3;;. The number of rotatable bonds is 6. The Hall–Kier alpha value is -5.22. The minimum absolute atomic E-state index is 0. The fourth-order valence-corrected chi connectivity index (χ4v) is 6.72. The summed E-state index contributed by atoms with van der Waals surface area (Å²) in [5, 5.41) is 1.64. The van der Waals surface area contributed by atoms with E-state index in [4.69, 9.17) is 8.53 Å². The summed E-state index contributed by atoms with van der Waals surface area (Å²) in [5.41, 5.74) is 15.8. The van der Waals surface area contributed by atoms with E-state index in [1.807, 2.05) is 30.6 Å². The van der Waals surface area contributed by atoms with Gasteiger partial charge in [0.2, 0.25) is 5.71 Å². The van der Waals surface area contributed by atoms with Crippen molar-refractivity contribution in [2.24, 2.45) is 5.41 Å². The number of benzene rings is 4. The largest absolute Gasteiger partial charge is 0.486 e. The van der Waals surface area contributed by atoms with E-state index in [2.05, 4.69) is 148 Å². The zero-order valence-electron chi connectivity index (χ0n) is 35.5. The predicted molar refractivity (Wildman–Crippen MR) is 224 cm³/mol. The number of furan rings is 1. The van der Waals surface area contributed by atoms with Gasteiger partial charge in [-0.25, -0.2) is 4.98 Å². The average molecular weight is 901 g/mol. The van der Waals surface area contributed by atoms with Crippen LogP contribution in [-0.4, -0.2) is 15.0 Å². The molecule has 0 fully saturated rings. The molecule has 4 nitrogen and oxygen atoms in total. The first-order valence-corrected chi connectivity index (χ1v) is 18.4. The third kappa shape index (κ3) is 9.19. The van der Waals surface area contributed by atoms with Crippen LogP contribution in [-0.2, 0) is 32.9 Å². The molecule has 0 saturated heterocycles. The van der Waals surface area contributed by atoms with Gasteiger partial charge in [0.15, 0.2) is 0 Å². The third-order valence-corrected chi connectivity index (χ3v) is 9.81. The van der Waals surface area contributed by atoms with E-state index >= 15 is 0 Å². The van der Waals surface area contributed by atoms with Crippen LogP contribution in [0.3, 0.4) is 0 Å². The van der Waals surface area contributed by atoms with Crippen molar-refractivity contribution in [3.63, 3.8) is 0 Å². The Balaban J connectivity index is 0.000000220. The SMILES string of the molecule is Cc1cnc(-c2[c-]cc(C)c(-c3ccccc3)c2)cc1C.[2H]C([2H])([2H])c1ccc2c(n1)oc1c(-c3cc(Cc4ccc(CC(C)(C)C)cc4)c(C)cn3)[c-]ccc12.[Ir]. The van der Waals surface area contributed by atoms with Crippen molar-refractivity contribution < 1.29 is 28.6 Å². The van der Waals surface area contributed by atoms with Gasteiger partial charge in [0.1, 0.15) is 0 Å². The fourth-order valence-electron chi connectivity index (χ4n) is 6.72. The molecule has 0 spiro atoms. The van der Waals surface area contributed by atoms with Crippen LogP contribution >= 0.6 is 0 Å². The molecule has 0 saturated carbocycles. The van der Waals surface area contributed by atoms with Gasteiger partial charge in [-0.15, -0.1) is 47.5 Å². The maximum atomic E-state index is 7.66.